The summed E-state index contributed by atoms with van der Waals surface area (Å²) in [7, 11) is 0. The Morgan fingerprint density at radius 1 is 0.970 bits per heavy atom. The van der Waals surface area contributed by atoms with Crippen LogP contribution in [0, 0.1) is 5.82 Å². The van der Waals surface area contributed by atoms with Crippen LogP contribution in [0.1, 0.15) is 15.9 Å². The van der Waals surface area contributed by atoms with Gasteiger partial charge in [0.15, 0.2) is 0 Å². The highest BCUT2D eigenvalue weighted by Gasteiger charge is 2.38. The molecular weight excluding hydrogens is 446 g/mol. The third kappa shape index (κ3) is 8.53. The third-order valence-electron chi connectivity index (χ3n) is 4.63. The molecular formula is C22H23F4N3O4. The van der Waals surface area contributed by atoms with Crippen molar-refractivity contribution in [1.29, 1.82) is 0 Å². The number of rotatable bonds is 5. The zero-order valence-corrected chi connectivity index (χ0v) is 17.5. The average Bonchev–Trinajstić information content (AvgIpc) is 2.79. The molecule has 1 aliphatic rings. The number of hydrogen-bond donors (Lipinski definition) is 2. The first kappa shape index (κ1) is 25.8. The second-order valence-corrected chi connectivity index (χ2v) is 7.09. The van der Waals surface area contributed by atoms with Crippen molar-refractivity contribution < 1.29 is 37.1 Å². The van der Waals surface area contributed by atoms with Gasteiger partial charge in [-0.15, -0.1) is 0 Å². The predicted molar refractivity (Wildman–Crippen MR) is 111 cm³/mol. The highest BCUT2D eigenvalue weighted by atomic mass is 19.4. The van der Waals surface area contributed by atoms with E-state index in [1.54, 1.807) is 4.90 Å². The minimum Gasteiger partial charge on any atom is -0.475 e. The molecule has 2 aromatic carbocycles. The number of benzene rings is 2. The minimum atomic E-state index is -5.08. The number of amides is 2. The molecule has 0 saturated carbocycles. The number of carboxylic acids is 1. The standard InChI is InChI=1S/C20H22FN3O2.C2HF3O2/c21-18-8-6-17(7-9-18)20(26)24(14-16-4-2-1-3-5-16)15-19(25)23-12-10-22-11-13-23;3-2(4,5)1(6)7/h1-9,22H,10-15H2;(H,6,7). The first-order valence-electron chi connectivity index (χ1n) is 9.95. The van der Waals surface area contributed by atoms with Crippen LogP contribution in [0.25, 0.3) is 0 Å². The van der Waals surface area contributed by atoms with Gasteiger partial charge in [0.05, 0.1) is 0 Å². The zero-order valence-electron chi connectivity index (χ0n) is 17.5. The number of carbonyl (C=O) groups excluding carboxylic acids is 2. The van der Waals surface area contributed by atoms with E-state index in [-0.39, 0.29) is 18.4 Å². The molecule has 0 atom stereocenters. The van der Waals surface area contributed by atoms with Crippen molar-refractivity contribution in [3.05, 3.63) is 71.5 Å². The van der Waals surface area contributed by atoms with Crippen LogP contribution in [-0.2, 0) is 16.1 Å². The van der Waals surface area contributed by atoms with Gasteiger partial charge in [-0.25, -0.2) is 9.18 Å². The Labute approximate surface area is 187 Å². The van der Waals surface area contributed by atoms with Crippen molar-refractivity contribution in [1.82, 2.24) is 15.1 Å². The first-order chi connectivity index (χ1) is 15.6. The molecule has 2 amide bonds. The Balaban J connectivity index is 0.000000479. The van der Waals surface area contributed by atoms with E-state index in [2.05, 4.69) is 5.32 Å². The third-order valence-corrected chi connectivity index (χ3v) is 4.63. The van der Waals surface area contributed by atoms with Crippen molar-refractivity contribution in [2.45, 2.75) is 12.7 Å². The average molecular weight is 469 g/mol. The predicted octanol–water partition coefficient (Wildman–Crippen LogP) is 2.53. The van der Waals surface area contributed by atoms with E-state index in [0.717, 1.165) is 18.7 Å². The molecule has 0 aliphatic carbocycles. The zero-order chi connectivity index (χ0) is 24.4. The number of carboxylic acid groups (broad SMARTS) is 1. The molecule has 3 rings (SSSR count). The normalized spacial score (nSPS) is 13.5. The Morgan fingerprint density at radius 3 is 2.03 bits per heavy atom. The lowest BCUT2D eigenvalue weighted by molar-refractivity contribution is -0.192. The topological polar surface area (TPSA) is 90.0 Å². The molecule has 2 aromatic rings. The van der Waals surface area contributed by atoms with Crippen LogP contribution in [0.5, 0.6) is 0 Å². The Kier molecular flexibility index (Phi) is 9.34. The summed E-state index contributed by atoms with van der Waals surface area (Å²) in [4.78, 5) is 37.7. The summed E-state index contributed by atoms with van der Waals surface area (Å²) in [6.45, 7) is 3.14. The van der Waals surface area contributed by atoms with Crippen molar-refractivity contribution in [2.75, 3.05) is 32.7 Å². The molecule has 178 valence electrons. The molecule has 0 unspecified atom stereocenters. The summed E-state index contributed by atoms with van der Waals surface area (Å²) < 4.78 is 44.9. The van der Waals surface area contributed by atoms with Gasteiger partial charge in [-0.2, -0.15) is 13.2 Å². The highest BCUT2D eigenvalue weighted by molar-refractivity contribution is 5.96. The van der Waals surface area contributed by atoms with E-state index in [1.165, 1.54) is 29.2 Å². The number of nitrogens with one attached hydrogen (secondary N) is 1. The van der Waals surface area contributed by atoms with E-state index in [1.807, 2.05) is 30.3 Å². The van der Waals surface area contributed by atoms with Crippen LogP contribution in [0.15, 0.2) is 54.6 Å². The summed E-state index contributed by atoms with van der Waals surface area (Å²) >= 11 is 0. The largest absolute Gasteiger partial charge is 0.490 e. The molecule has 1 fully saturated rings. The van der Waals surface area contributed by atoms with Crippen LogP contribution >= 0.6 is 0 Å². The molecule has 0 spiro atoms. The van der Waals surface area contributed by atoms with Gasteiger partial charge < -0.3 is 20.2 Å². The van der Waals surface area contributed by atoms with E-state index in [0.29, 0.717) is 25.2 Å². The number of alkyl halides is 3. The molecule has 0 aromatic heterocycles. The van der Waals surface area contributed by atoms with Crippen LogP contribution in [-0.4, -0.2) is 71.6 Å². The monoisotopic (exact) mass is 469 g/mol. The number of piperazine rings is 1. The SMILES string of the molecule is O=C(CN(Cc1ccccc1)C(=O)c1ccc(F)cc1)N1CCNCC1.O=C(O)C(F)(F)F. The molecule has 11 heteroatoms. The Bertz CT molecular complexity index is 931. The highest BCUT2D eigenvalue weighted by Crippen LogP contribution is 2.13. The minimum absolute atomic E-state index is 0.00506. The summed E-state index contributed by atoms with van der Waals surface area (Å²) in [5.41, 5.74) is 1.31. The lowest BCUT2D eigenvalue weighted by atomic mass is 10.1. The van der Waals surface area contributed by atoms with Gasteiger partial charge in [0, 0.05) is 38.3 Å². The quantitative estimate of drug-likeness (QED) is 0.657. The van der Waals surface area contributed by atoms with Crippen LogP contribution < -0.4 is 5.32 Å². The maximum Gasteiger partial charge on any atom is 0.490 e. The second-order valence-electron chi connectivity index (χ2n) is 7.09. The fraction of sp³-hybridized carbons (Fsp3) is 0.318. The van der Waals surface area contributed by atoms with Gasteiger partial charge in [0.25, 0.3) is 5.91 Å². The summed E-state index contributed by atoms with van der Waals surface area (Å²) in [6.07, 6.45) is -5.08. The van der Waals surface area contributed by atoms with Crippen molar-refractivity contribution in [2.24, 2.45) is 0 Å². The van der Waals surface area contributed by atoms with Crippen molar-refractivity contribution in [3.63, 3.8) is 0 Å². The molecule has 7 nitrogen and oxygen atoms in total. The first-order valence-corrected chi connectivity index (χ1v) is 9.95. The molecule has 0 radical (unpaired) electrons. The van der Waals surface area contributed by atoms with Gasteiger partial charge in [0.1, 0.15) is 12.4 Å². The molecule has 33 heavy (non-hydrogen) atoms. The molecule has 0 bridgehead atoms. The smallest absolute Gasteiger partial charge is 0.475 e. The van der Waals surface area contributed by atoms with E-state index in [4.69, 9.17) is 9.90 Å². The van der Waals surface area contributed by atoms with E-state index >= 15 is 0 Å². The lowest BCUT2D eigenvalue weighted by Crippen LogP contribution is -2.50. The maximum atomic E-state index is 13.2. The van der Waals surface area contributed by atoms with Gasteiger partial charge in [0.2, 0.25) is 5.91 Å². The maximum absolute atomic E-state index is 13.2. The van der Waals surface area contributed by atoms with Crippen molar-refractivity contribution >= 4 is 17.8 Å². The fourth-order valence-electron chi connectivity index (χ4n) is 2.96. The fourth-order valence-corrected chi connectivity index (χ4v) is 2.96. The molecule has 2 N–H and O–H groups in total. The summed E-state index contributed by atoms with van der Waals surface area (Å²) in [5.74, 6) is -3.50. The number of halogens is 4. The lowest BCUT2D eigenvalue weighted by Gasteiger charge is -2.30. The second kappa shape index (κ2) is 12.0. The summed E-state index contributed by atoms with van der Waals surface area (Å²) in [6, 6.07) is 14.9. The summed E-state index contributed by atoms with van der Waals surface area (Å²) in [5, 5.41) is 10.3. The van der Waals surface area contributed by atoms with Gasteiger partial charge in [-0.3, -0.25) is 9.59 Å². The van der Waals surface area contributed by atoms with Gasteiger partial charge in [-0.1, -0.05) is 30.3 Å². The van der Waals surface area contributed by atoms with E-state index in [9.17, 15) is 27.2 Å². The van der Waals surface area contributed by atoms with Gasteiger partial charge in [-0.05, 0) is 29.8 Å². The Hall–Kier alpha value is -3.47. The number of nitrogens with zero attached hydrogens (tertiary/aromatic N) is 2. The van der Waals surface area contributed by atoms with Gasteiger partial charge >= 0.3 is 12.1 Å². The number of aliphatic carboxylic acids is 1. The molecule has 1 heterocycles. The number of carbonyl (C=O) groups is 3. The van der Waals surface area contributed by atoms with Crippen molar-refractivity contribution in [3.8, 4) is 0 Å². The van der Waals surface area contributed by atoms with Crippen LogP contribution in [0.2, 0.25) is 0 Å². The molecule has 1 aliphatic heterocycles. The molecule has 1 saturated heterocycles. The van der Waals surface area contributed by atoms with Crippen LogP contribution in [0.3, 0.4) is 0 Å². The number of hydrogen-bond acceptors (Lipinski definition) is 4. The van der Waals surface area contributed by atoms with Crippen LogP contribution in [0.4, 0.5) is 17.6 Å². The Morgan fingerprint density at radius 2 is 1.52 bits per heavy atom. The van der Waals surface area contributed by atoms with E-state index < -0.39 is 18.0 Å².